The molecule has 256 valence electrons. The number of aliphatic hydroxyl groups excluding tert-OH is 3. The van der Waals surface area contributed by atoms with Gasteiger partial charge in [0.1, 0.15) is 18.3 Å². The number of nitrogens with two attached hydrogens (primary N) is 1. The molecule has 43 heavy (non-hydrogen) atoms. The minimum absolute atomic E-state index is 0.00801. The van der Waals surface area contributed by atoms with Crippen LogP contribution >= 0.6 is 0 Å². The first-order valence-electron chi connectivity index (χ1n) is 18.6. The van der Waals surface area contributed by atoms with Gasteiger partial charge in [0, 0.05) is 13.0 Å². The van der Waals surface area contributed by atoms with E-state index in [9.17, 15) is 20.1 Å². The molecule has 5 N–H and O–H groups in total. The largest absolute Gasteiger partial charge is 0.394 e. The number of carbonyl (C=O) groups is 1. The minimum Gasteiger partial charge on any atom is -0.394 e. The second-order valence-corrected chi connectivity index (χ2v) is 13.3. The minimum atomic E-state index is -1.26. The molecule has 0 spiro atoms. The van der Waals surface area contributed by atoms with Gasteiger partial charge in [0.2, 0.25) is 5.91 Å². The van der Waals surface area contributed by atoms with Crippen LogP contribution in [0.2, 0.25) is 0 Å². The fourth-order valence-electron chi connectivity index (χ4n) is 6.35. The normalized spacial score (nSPS) is 22.2. The standard InChI is InChI=1S/C36H72N2O5/c1-3-5-7-9-11-13-15-16-17-18-19-20-22-24-26-28-32(40)38(29-27-25-23-21-14-12-10-8-6-4-2)36-33(37)35(42)34(41)31(30-39)43-36/h31,33-36,39,41-42H,3-30,37H2,1-2H3/t31-,33-,34-,35-,36-/m1/s1. The van der Waals surface area contributed by atoms with E-state index < -0.39 is 37.2 Å². The van der Waals surface area contributed by atoms with Crippen molar-refractivity contribution in [1.82, 2.24) is 4.90 Å². The molecule has 1 amide bonds. The predicted molar refractivity (Wildman–Crippen MR) is 179 cm³/mol. The summed E-state index contributed by atoms with van der Waals surface area (Å²) < 4.78 is 5.90. The van der Waals surface area contributed by atoms with Crippen molar-refractivity contribution in [2.75, 3.05) is 13.2 Å². The first-order chi connectivity index (χ1) is 21.0. The van der Waals surface area contributed by atoms with Crippen LogP contribution in [0.1, 0.15) is 181 Å². The summed E-state index contributed by atoms with van der Waals surface area (Å²) in [6.45, 7) is 4.60. The van der Waals surface area contributed by atoms with Crippen LogP contribution in [0.15, 0.2) is 0 Å². The number of amides is 1. The highest BCUT2D eigenvalue weighted by Crippen LogP contribution is 2.24. The van der Waals surface area contributed by atoms with E-state index in [-0.39, 0.29) is 5.91 Å². The average Bonchev–Trinajstić information content (AvgIpc) is 3.01. The number of aliphatic hydroxyl groups is 3. The zero-order valence-corrected chi connectivity index (χ0v) is 28.4. The van der Waals surface area contributed by atoms with Crippen molar-refractivity contribution >= 4 is 5.91 Å². The molecule has 1 aliphatic heterocycles. The number of nitrogens with zero attached hydrogens (tertiary/aromatic N) is 1. The molecule has 1 aliphatic rings. The fraction of sp³-hybridized carbons (Fsp3) is 0.972. The summed E-state index contributed by atoms with van der Waals surface area (Å²) in [6, 6.07) is -0.911. The highest BCUT2D eigenvalue weighted by Gasteiger charge is 2.45. The Bertz CT molecular complexity index is 635. The zero-order valence-electron chi connectivity index (χ0n) is 28.4. The van der Waals surface area contributed by atoms with Crippen molar-refractivity contribution in [1.29, 1.82) is 0 Å². The maximum atomic E-state index is 13.4. The number of ether oxygens (including phenoxy) is 1. The van der Waals surface area contributed by atoms with Gasteiger partial charge in [0.15, 0.2) is 6.23 Å². The molecule has 5 atom stereocenters. The molecule has 0 unspecified atom stereocenters. The van der Waals surface area contributed by atoms with Crippen LogP contribution in [0.5, 0.6) is 0 Å². The molecule has 7 heteroatoms. The summed E-state index contributed by atoms with van der Waals surface area (Å²) in [4.78, 5) is 15.1. The molecule has 0 aromatic heterocycles. The van der Waals surface area contributed by atoms with Crippen molar-refractivity contribution in [3.63, 3.8) is 0 Å². The maximum Gasteiger partial charge on any atom is 0.224 e. The highest BCUT2D eigenvalue weighted by molar-refractivity contribution is 5.76. The van der Waals surface area contributed by atoms with E-state index in [4.69, 9.17) is 10.5 Å². The number of rotatable bonds is 29. The van der Waals surface area contributed by atoms with E-state index in [1.807, 2.05) is 0 Å². The molecule has 0 bridgehead atoms. The second kappa shape index (κ2) is 27.6. The number of unbranched alkanes of at least 4 members (excludes halogenated alkanes) is 23. The van der Waals surface area contributed by atoms with Crippen molar-refractivity contribution in [3.8, 4) is 0 Å². The van der Waals surface area contributed by atoms with Gasteiger partial charge in [-0.15, -0.1) is 0 Å². The third-order valence-electron chi connectivity index (χ3n) is 9.32. The predicted octanol–water partition coefficient (Wildman–Crippen LogP) is 7.76. The quantitative estimate of drug-likeness (QED) is 0.0642. The lowest BCUT2D eigenvalue weighted by atomic mass is 9.95. The summed E-state index contributed by atoms with van der Waals surface area (Å²) in [7, 11) is 0. The molecule has 1 fully saturated rings. The third kappa shape index (κ3) is 18.7. The van der Waals surface area contributed by atoms with Crippen LogP contribution in [0.25, 0.3) is 0 Å². The van der Waals surface area contributed by atoms with Crippen molar-refractivity contribution in [2.24, 2.45) is 5.73 Å². The lowest BCUT2D eigenvalue weighted by Gasteiger charge is -2.45. The Balaban J connectivity index is 2.34. The molecule has 0 saturated carbocycles. The highest BCUT2D eigenvalue weighted by atomic mass is 16.5. The van der Waals surface area contributed by atoms with Gasteiger partial charge in [-0.1, -0.05) is 162 Å². The summed E-state index contributed by atoms with van der Waals surface area (Å²) in [5, 5.41) is 30.4. The number of hydrogen-bond acceptors (Lipinski definition) is 6. The third-order valence-corrected chi connectivity index (χ3v) is 9.32. The lowest BCUT2D eigenvalue weighted by molar-refractivity contribution is -0.226. The van der Waals surface area contributed by atoms with Gasteiger partial charge in [-0.25, -0.2) is 0 Å². The Kier molecular flexibility index (Phi) is 25.8. The van der Waals surface area contributed by atoms with Gasteiger partial charge >= 0.3 is 0 Å². The van der Waals surface area contributed by atoms with E-state index in [0.29, 0.717) is 13.0 Å². The Hall–Kier alpha value is -0.730. The lowest BCUT2D eigenvalue weighted by Crippen LogP contribution is -2.67. The fourth-order valence-corrected chi connectivity index (χ4v) is 6.35. The zero-order chi connectivity index (χ0) is 31.5. The number of carbonyl (C=O) groups excluding carboxylic acids is 1. The van der Waals surface area contributed by atoms with Crippen LogP contribution in [-0.2, 0) is 9.53 Å². The molecule has 1 saturated heterocycles. The van der Waals surface area contributed by atoms with Gasteiger partial charge in [0.25, 0.3) is 0 Å². The van der Waals surface area contributed by atoms with Gasteiger partial charge in [-0.3, -0.25) is 4.79 Å². The van der Waals surface area contributed by atoms with Crippen molar-refractivity contribution in [2.45, 2.75) is 211 Å². The Morgan fingerprint density at radius 2 is 0.977 bits per heavy atom. The van der Waals surface area contributed by atoms with Gasteiger partial charge in [-0.05, 0) is 12.8 Å². The van der Waals surface area contributed by atoms with Crippen LogP contribution < -0.4 is 5.73 Å². The molecule has 1 rings (SSSR count). The molecular weight excluding hydrogens is 540 g/mol. The van der Waals surface area contributed by atoms with Gasteiger partial charge in [-0.2, -0.15) is 0 Å². The number of hydrogen-bond donors (Lipinski definition) is 4. The second-order valence-electron chi connectivity index (χ2n) is 13.3. The van der Waals surface area contributed by atoms with Crippen molar-refractivity contribution < 1.29 is 24.9 Å². The molecule has 0 aromatic rings. The summed E-state index contributed by atoms with van der Waals surface area (Å²) in [5.41, 5.74) is 6.26. The molecule has 0 radical (unpaired) electrons. The molecular formula is C36H72N2O5. The van der Waals surface area contributed by atoms with E-state index in [1.54, 1.807) is 4.90 Å². The van der Waals surface area contributed by atoms with Crippen molar-refractivity contribution in [3.05, 3.63) is 0 Å². The van der Waals surface area contributed by atoms with E-state index in [1.165, 1.54) is 122 Å². The first kappa shape index (κ1) is 40.3. The monoisotopic (exact) mass is 613 g/mol. The maximum absolute atomic E-state index is 13.4. The summed E-state index contributed by atoms with van der Waals surface area (Å²) >= 11 is 0. The first-order valence-corrected chi connectivity index (χ1v) is 18.6. The molecule has 0 aliphatic carbocycles. The molecule has 1 heterocycles. The molecule has 0 aromatic carbocycles. The Morgan fingerprint density at radius 1 is 0.605 bits per heavy atom. The average molecular weight is 613 g/mol. The van der Waals surface area contributed by atoms with E-state index in [2.05, 4.69) is 13.8 Å². The van der Waals surface area contributed by atoms with E-state index in [0.717, 1.165) is 38.5 Å². The van der Waals surface area contributed by atoms with E-state index >= 15 is 0 Å². The van der Waals surface area contributed by atoms with Gasteiger partial charge < -0.3 is 30.7 Å². The van der Waals surface area contributed by atoms with Crippen LogP contribution in [0.4, 0.5) is 0 Å². The van der Waals surface area contributed by atoms with Crippen LogP contribution in [-0.4, -0.2) is 69.9 Å². The SMILES string of the molecule is CCCCCCCCCCCCCCCCCC(=O)N(CCCCCCCCCCCC)[C@@H]1O[C@H](CO)[C@@H](O)[C@H](O)[C@H]1N. The van der Waals surface area contributed by atoms with Crippen LogP contribution in [0.3, 0.4) is 0 Å². The van der Waals surface area contributed by atoms with Crippen LogP contribution in [0, 0.1) is 0 Å². The summed E-state index contributed by atoms with van der Waals surface area (Å²) in [6.07, 6.45) is 27.5. The summed E-state index contributed by atoms with van der Waals surface area (Å²) in [5.74, 6) is -0.00801. The molecule has 7 nitrogen and oxygen atoms in total. The topological polar surface area (TPSA) is 116 Å². The smallest absolute Gasteiger partial charge is 0.224 e. The Labute approximate surface area is 265 Å². The van der Waals surface area contributed by atoms with Gasteiger partial charge in [0.05, 0.1) is 12.6 Å². The Morgan fingerprint density at radius 3 is 1.37 bits per heavy atom.